The van der Waals surface area contributed by atoms with Crippen molar-refractivity contribution in [2.45, 2.75) is 6.18 Å². The number of hydrogen-bond donors (Lipinski definition) is 3. The van der Waals surface area contributed by atoms with E-state index < -0.39 is 23.7 Å². The lowest BCUT2D eigenvalue weighted by atomic mass is 10.0. The molecule has 4 N–H and O–H groups in total. The number of H-pyrrole nitrogens is 1. The SMILES string of the molecule is NC(=O)N(NC(=O)c1[nH]c2ccccc2c1-c1ccccc1)c1cccc(C(F)(F)F)c1. The normalized spacial score (nSPS) is 11.3. The second-order valence-electron chi connectivity index (χ2n) is 6.95. The number of nitrogens with two attached hydrogens (primary N) is 1. The maximum Gasteiger partial charge on any atom is 0.416 e. The number of hydrogen-bond acceptors (Lipinski definition) is 2. The molecule has 162 valence electrons. The third-order valence-electron chi connectivity index (χ3n) is 4.86. The first-order chi connectivity index (χ1) is 15.3. The van der Waals surface area contributed by atoms with Crippen molar-refractivity contribution in [3.05, 3.63) is 90.1 Å². The molecule has 0 radical (unpaired) electrons. The number of primary amides is 1. The summed E-state index contributed by atoms with van der Waals surface area (Å²) in [4.78, 5) is 28.2. The zero-order valence-electron chi connectivity index (χ0n) is 16.5. The average molecular weight is 438 g/mol. The topological polar surface area (TPSA) is 91.2 Å². The molecule has 3 amide bonds. The number of fused-ring (bicyclic) bond motifs is 1. The van der Waals surface area contributed by atoms with Crippen molar-refractivity contribution < 1.29 is 22.8 Å². The van der Waals surface area contributed by atoms with E-state index in [0.717, 1.165) is 29.1 Å². The van der Waals surface area contributed by atoms with Crippen LogP contribution in [0, 0.1) is 0 Å². The van der Waals surface area contributed by atoms with E-state index in [9.17, 15) is 22.8 Å². The van der Waals surface area contributed by atoms with Gasteiger partial charge < -0.3 is 10.7 Å². The second-order valence-corrected chi connectivity index (χ2v) is 6.95. The third kappa shape index (κ3) is 4.00. The van der Waals surface area contributed by atoms with E-state index in [0.29, 0.717) is 16.1 Å². The van der Waals surface area contributed by atoms with Crippen LogP contribution in [-0.4, -0.2) is 16.9 Å². The van der Waals surface area contributed by atoms with Gasteiger partial charge in [-0.25, -0.2) is 9.80 Å². The molecule has 0 saturated carbocycles. The Bertz CT molecular complexity index is 1300. The summed E-state index contributed by atoms with van der Waals surface area (Å²) in [5.74, 6) is -0.740. The van der Waals surface area contributed by atoms with Crippen LogP contribution in [0.25, 0.3) is 22.0 Å². The van der Waals surface area contributed by atoms with Gasteiger partial charge in [0.25, 0.3) is 5.91 Å². The standard InChI is InChI=1S/C23H17F3N4O2/c24-23(25,26)15-9-6-10-16(13-15)30(22(27)32)29-21(31)20-19(14-7-2-1-3-8-14)17-11-4-5-12-18(17)28-20/h1-13,28H,(H2,27,32)(H,29,31). The molecule has 3 aromatic carbocycles. The Labute approximate surface area is 180 Å². The molecule has 0 aliphatic heterocycles. The van der Waals surface area contributed by atoms with Gasteiger partial charge in [0.1, 0.15) is 5.69 Å². The quantitative estimate of drug-likeness (QED) is 0.389. The van der Waals surface area contributed by atoms with E-state index >= 15 is 0 Å². The maximum atomic E-state index is 13.2. The number of amides is 3. The largest absolute Gasteiger partial charge is 0.416 e. The van der Waals surface area contributed by atoms with Gasteiger partial charge in [0.05, 0.1) is 11.3 Å². The average Bonchev–Trinajstić information content (AvgIpc) is 3.17. The fourth-order valence-corrected chi connectivity index (χ4v) is 3.44. The number of halogens is 3. The van der Waals surface area contributed by atoms with Crippen LogP contribution >= 0.6 is 0 Å². The van der Waals surface area contributed by atoms with Gasteiger partial charge in [0, 0.05) is 16.5 Å². The predicted octanol–water partition coefficient (Wildman–Crippen LogP) is 5.08. The molecular formula is C23H17F3N4O2. The highest BCUT2D eigenvalue weighted by atomic mass is 19.4. The molecule has 0 bridgehead atoms. The van der Waals surface area contributed by atoms with E-state index in [1.807, 2.05) is 42.5 Å². The Balaban J connectivity index is 1.76. The molecule has 0 spiro atoms. The van der Waals surface area contributed by atoms with E-state index in [4.69, 9.17) is 5.73 Å². The Morgan fingerprint density at radius 2 is 1.59 bits per heavy atom. The van der Waals surface area contributed by atoms with Crippen molar-refractivity contribution >= 4 is 28.5 Å². The number of rotatable bonds is 3. The van der Waals surface area contributed by atoms with Gasteiger partial charge in [-0.05, 0) is 29.8 Å². The fraction of sp³-hybridized carbons (Fsp3) is 0.0435. The number of carbonyl (C=O) groups excluding carboxylic acids is 2. The number of benzene rings is 3. The van der Waals surface area contributed by atoms with E-state index in [1.54, 1.807) is 12.1 Å². The molecule has 0 saturated heterocycles. The number of nitrogens with zero attached hydrogens (tertiary/aromatic N) is 1. The molecule has 0 unspecified atom stereocenters. The monoisotopic (exact) mass is 438 g/mol. The van der Waals surface area contributed by atoms with Gasteiger partial charge in [-0.1, -0.05) is 54.6 Å². The van der Waals surface area contributed by atoms with E-state index in [1.165, 1.54) is 6.07 Å². The van der Waals surface area contributed by atoms with Gasteiger partial charge in [0.15, 0.2) is 0 Å². The minimum Gasteiger partial charge on any atom is -0.350 e. The molecule has 32 heavy (non-hydrogen) atoms. The van der Waals surface area contributed by atoms with Crippen molar-refractivity contribution in [2.24, 2.45) is 5.73 Å². The molecule has 1 heterocycles. The van der Waals surface area contributed by atoms with Crippen LogP contribution in [-0.2, 0) is 6.18 Å². The molecule has 4 rings (SSSR count). The van der Waals surface area contributed by atoms with Crippen LogP contribution in [0.15, 0.2) is 78.9 Å². The lowest BCUT2D eigenvalue weighted by molar-refractivity contribution is -0.137. The zero-order valence-corrected chi connectivity index (χ0v) is 16.5. The first kappa shape index (κ1) is 21.0. The van der Waals surface area contributed by atoms with Crippen LogP contribution in [0.5, 0.6) is 0 Å². The van der Waals surface area contributed by atoms with E-state index in [-0.39, 0.29) is 11.4 Å². The van der Waals surface area contributed by atoms with Gasteiger partial charge in [0.2, 0.25) is 0 Å². The highest BCUT2D eigenvalue weighted by Gasteiger charge is 2.31. The molecular weight excluding hydrogens is 421 g/mol. The fourth-order valence-electron chi connectivity index (χ4n) is 3.44. The summed E-state index contributed by atoms with van der Waals surface area (Å²) in [6, 6.07) is 19.2. The molecule has 9 heteroatoms. The number of nitrogens with one attached hydrogen (secondary N) is 2. The van der Waals surface area contributed by atoms with Crippen LogP contribution in [0.3, 0.4) is 0 Å². The van der Waals surface area contributed by atoms with Gasteiger partial charge in [-0.15, -0.1) is 0 Å². The van der Waals surface area contributed by atoms with Crippen molar-refractivity contribution in [1.82, 2.24) is 10.4 Å². The number of urea groups is 1. The highest BCUT2D eigenvalue weighted by Crippen LogP contribution is 2.33. The Kier molecular flexibility index (Phi) is 5.31. The zero-order chi connectivity index (χ0) is 22.9. The molecule has 1 aromatic heterocycles. The number of aromatic nitrogens is 1. The molecule has 0 aliphatic carbocycles. The minimum atomic E-state index is -4.62. The summed E-state index contributed by atoms with van der Waals surface area (Å²) >= 11 is 0. The van der Waals surface area contributed by atoms with Crippen LogP contribution in [0.4, 0.5) is 23.7 Å². The summed E-state index contributed by atoms with van der Waals surface area (Å²) < 4.78 is 39.3. The summed E-state index contributed by atoms with van der Waals surface area (Å²) in [5, 5.41) is 1.35. The Morgan fingerprint density at radius 3 is 2.28 bits per heavy atom. The molecule has 0 atom stereocenters. The lowest BCUT2D eigenvalue weighted by Gasteiger charge is -2.22. The lowest BCUT2D eigenvalue weighted by Crippen LogP contribution is -2.49. The Morgan fingerprint density at radius 1 is 0.906 bits per heavy atom. The van der Waals surface area contributed by atoms with Gasteiger partial charge >= 0.3 is 12.2 Å². The third-order valence-corrected chi connectivity index (χ3v) is 4.86. The number of hydrazine groups is 1. The summed E-state index contributed by atoms with van der Waals surface area (Å²) in [7, 11) is 0. The van der Waals surface area contributed by atoms with E-state index in [2.05, 4.69) is 10.4 Å². The maximum absolute atomic E-state index is 13.2. The van der Waals surface area contributed by atoms with Crippen LogP contribution in [0.2, 0.25) is 0 Å². The second kappa shape index (κ2) is 8.10. The highest BCUT2D eigenvalue weighted by molar-refractivity contribution is 6.11. The van der Waals surface area contributed by atoms with Crippen molar-refractivity contribution in [1.29, 1.82) is 0 Å². The van der Waals surface area contributed by atoms with Crippen LogP contribution in [0.1, 0.15) is 16.1 Å². The first-order valence-electron chi connectivity index (χ1n) is 9.49. The number of para-hydroxylation sites is 1. The summed E-state index contributed by atoms with van der Waals surface area (Å²) in [6.45, 7) is 0. The van der Waals surface area contributed by atoms with Crippen LogP contribution < -0.4 is 16.2 Å². The van der Waals surface area contributed by atoms with Crippen molar-refractivity contribution in [2.75, 3.05) is 5.01 Å². The van der Waals surface area contributed by atoms with Gasteiger partial charge in [-0.3, -0.25) is 10.2 Å². The number of aromatic amines is 1. The van der Waals surface area contributed by atoms with Crippen molar-refractivity contribution in [3.8, 4) is 11.1 Å². The first-order valence-corrected chi connectivity index (χ1v) is 9.49. The molecule has 0 aliphatic rings. The molecule has 4 aromatic rings. The van der Waals surface area contributed by atoms with Gasteiger partial charge in [-0.2, -0.15) is 13.2 Å². The smallest absolute Gasteiger partial charge is 0.350 e. The van der Waals surface area contributed by atoms with Crippen molar-refractivity contribution in [3.63, 3.8) is 0 Å². The number of carbonyl (C=O) groups is 2. The predicted molar refractivity (Wildman–Crippen MR) is 115 cm³/mol. The molecule has 0 fully saturated rings. The Hall–Kier alpha value is -4.27. The summed E-state index contributed by atoms with van der Waals surface area (Å²) in [5.41, 5.74) is 8.63. The number of anilines is 1. The summed E-state index contributed by atoms with van der Waals surface area (Å²) in [6.07, 6.45) is -4.62. The molecule has 6 nitrogen and oxygen atoms in total. The minimum absolute atomic E-state index is 0.135. The number of alkyl halides is 3.